The summed E-state index contributed by atoms with van der Waals surface area (Å²) in [6, 6.07) is 13.8. The molecular weight excluding hydrogens is 244 g/mol. The maximum Gasteiger partial charge on any atom is 0.257 e. The number of hydrogen-bond acceptors (Lipinski definition) is 3. The van der Waals surface area contributed by atoms with Crippen molar-refractivity contribution in [3.63, 3.8) is 0 Å². The Labute approximate surface area is 112 Å². The number of rotatable bonds is 4. The third-order valence-electron chi connectivity index (χ3n) is 2.37. The van der Waals surface area contributed by atoms with Crippen LogP contribution in [0.5, 0.6) is 0 Å². The lowest BCUT2D eigenvalue weighted by atomic mass is 10.2. The molecule has 0 bridgehead atoms. The lowest BCUT2D eigenvalue weighted by Gasteiger charge is -2.09. The van der Waals surface area contributed by atoms with E-state index in [2.05, 4.69) is 10.3 Å². The summed E-state index contributed by atoms with van der Waals surface area (Å²) in [5.74, 6) is 0. The lowest BCUT2D eigenvalue weighted by Crippen LogP contribution is -2.23. The molecule has 0 spiro atoms. The van der Waals surface area contributed by atoms with Crippen molar-refractivity contribution in [2.45, 2.75) is 13.2 Å². The van der Waals surface area contributed by atoms with Crippen LogP contribution in [-0.2, 0) is 17.9 Å². The Morgan fingerprint density at radius 3 is 2.61 bits per heavy atom. The van der Waals surface area contributed by atoms with Crippen LogP contribution in [0.1, 0.15) is 11.1 Å². The minimum Gasteiger partial charge on any atom is -0.466 e. The van der Waals surface area contributed by atoms with E-state index >= 15 is 0 Å². The molecule has 0 atom stereocenters. The van der Waals surface area contributed by atoms with E-state index in [1.54, 1.807) is 12.4 Å². The zero-order valence-electron chi connectivity index (χ0n) is 9.87. The van der Waals surface area contributed by atoms with Crippen LogP contribution in [0.4, 0.5) is 0 Å². The Morgan fingerprint density at radius 1 is 1.11 bits per heavy atom. The molecule has 3 nitrogen and oxygen atoms in total. The van der Waals surface area contributed by atoms with Gasteiger partial charge in [-0.05, 0) is 29.4 Å². The second-order valence-electron chi connectivity index (χ2n) is 3.78. The van der Waals surface area contributed by atoms with E-state index < -0.39 is 0 Å². The van der Waals surface area contributed by atoms with Gasteiger partial charge in [0.05, 0.1) is 0 Å². The van der Waals surface area contributed by atoms with Gasteiger partial charge in [0.15, 0.2) is 0 Å². The van der Waals surface area contributed by atoms with Gasteiger partial charge in [-0.1, -0.05) is 36.4 Å². The van der Waals surface area contributed by atoms with Gasteiger partial charge < -0.3 is 10.1 Å². The smallest absolute Gasteiger partial charge is 0.257 e. The number of ether oxygens (including phenoxy) is 1. The lowest BCUT2D eigenvalue weighted by molar-refractivity contribution is 0.286. The summed E-state index contributed by atoms with van der Waals surface area (Å²) < 4.78 is 5.45. The highest BCUT2D eigenvalue weighted by molar-refractivity contribution is 7.80. The number of nitrogens with one attached hydrogen (secondary N) is 1. The molecule has 0 aliphatic rings. The van der Waals surface area contributed by atoms with Crippen LogP contribution in [0.3, 0.4) is 0 Å². The summed E-state index contributed by atoms with van der Waals surface area (Å²) in [6.07, 6.45) is 3.54. The van der Waals surface area contributed by atoms with Crippen molar-refractivity contribution in [3.8, 4) is 0 Å². The number of pyridine rings is 1. The fourth-order valence-corrected chi connectivity index (χ4v) is 1.58. The third-order valence-corrected chi connectivity index (χ3v) is 2.63. The van der Waals surface area contributed by atoms with Crippen molar-refractivity contribution in [3.05, 3.63) is 66.0 Å². The number of nitrogens with zero attached hydrogens (tertiary/aromatic N) is 1. The highest BCUT2D eigenvalue weighted by atomic mass is 32.1. The van der Waals surface area contributed by atoms with Crippen molar-refractivity contribution in [1.29, 1.82) is 0 Å². The predicted molar refractivity (Wildman–Crippen MR) is 74.9 cm³/mol. The first-order valence-corrected chi connectivity index (χ1v) is 6.09. The van der Waals surface area contributed by atoms with Crippen molar-refractivity contribution < 1.29 is 4.74 Å². The molecular formula is C14H14N2OS. The zero-order chi connectivity index (χ0) is 12.6. The molecule has 0 radical (unpaired) electrons. The fourth-order valence-electron chi connectivity index (χ4n) is 1.45. The molecule has 0 amide bonds. The third kappa shape index (κ3) is 4.14. The molecule has 0 aliphatic heterocycles. The molecule has 1 aromatic heterocycles. The minimum atomic E-state index is 0.405. The normalized spacial score (nSPS) is 9.78. The van der Waals surface area contributed by atoms with E-state index in [1.165, 1.54) is 0 Å². The van der Waals surface area contributed by atoms with Crippen LogP contribution in [0.25, 0.3) is 0 Å². The van der Waals surface area contributed by atoms with E-state index in [0.29, 0.717) is 18.3 Å². The molecule has 2 rings (SSSR count). The standard InChI is InChI=1S/C14H14N2OS/c18-14(16-10-13-7-4-8-15-9-13)17-11-12-5-2-1-3-6-12/h1-9H,10-11H2,(H,16,18). The first kappa shape index (κ1) is 12.5. The molecule has 1 N–H and O–H groups in total. The Bertz CT molecular complexity index is 442. The van der Waals surface area contributed by atoms with Crippen molar-refractivity contribution in [2.24, 2.45) is 0 Å². The van der Waals surface area contributed by atoms with Crippen LogP contribution < -0.4 is 5.32 Å². The van der Waals surface area contributed by atoms with E-state index in [-0.39, 0.29) is 0 Å². The molecule has 1 heterocycles. The van der Waals surface area contributed by atoms with Gasteiger partial charge in [0, 0.05) is 18.9 Å². The van der Waals surface area contributed by atoms with E-state index in [9.17, 15) is 0 Å². The summed E-state index contributed by atoms with van der Waals surface area (Å²) in [6.45, 7) is 1.11. The Kier molecular flexibility index (Phi) is 4.67. The maximum atomic E-state index is 5.45. The average Bonchev–Trinajstić information content (AvgIpc) is 2.45. The van der Waals surface area contributed by atoms with Gasteiger partial charge in [-0.25, -0.2) is 0 Å². The molecule has 0 unspecified atom stereocenters. The van der Waals surface area contributed by atoms with Gasteiger partial charge in [0.2, 0.25) is 0 Å². The number of hydrogen-bond donors (Lipinski definition) is 1. The van der Waals surface area contributed by atoms with Crippen molar-refractivity contribution in [1.82, 2.24) is 10.3 Å². The van der Waals surface area contributed by atoms with Crippen LogP contribution in [0, 0.1) is 0 Å². The molecule has 92 valence electrons. The molecule has 2 aromatic rings. The molecule has 0 aliphatic carbocycles. The van der Waals surface area contributed by atoms with E-state index in [4.69, 9.17) is 17.0 Å². The molecule has 0 saturated carbocycles. The highest BCUT2D eigenvalue weighted by Gasteiger charge is 1.98. The maximum absolute atomic E-state index is 5.45. The number of aromatic nitrogens is 1. The Morgan fingerprint density at radius 2 is 1.89 bits per heavy atom. The largest absolute Gasteiger partial charge is 0.466 e. The highest BCUT2D eigenvalue weighted by Crippen LogP contribution is 2.01. The SMILES string of the molecule is S=C(NCc1cccnc1)OCc1ccccc1. The van der Waals surface area contributed by atoms with E-state index in [1.807, 2.05) is 42.5 Å². The molecule has 0 saturated heterocycles. The van der Waals surface area contributed by atoms with Gasteiger partial charge in [-0.15, -0.1) is 0 Å². The van der Waals surface area contributed by atoms with Gasteiger partial charge in [-0.3, -0.25) is 4.98 Å². The number of benzene rings is 1. The first-order valence-electron chi connectivity index (χ1n) is 5.68. The summed E-state index contributed by atoms with van der Waals surface area (Å²) in [5, 5.41) is 3.44. The van der Waals surface area contributed by atoms with E-state index in [0.717, 1.165) is 11.1 Å². The van der Waals surface area contributed by atoms with Crippen molar-refractivity contribution in [2.75, 3.05) is 0 Å². The summed E-state index contributed by atoms with van der Waals surface area (Å²) in [4.78, 5) is 4.03. The van der Waals surface area contributed by atoms with Gasteiger partial charge >= 0.3 is 0 Å². The van der Waals surface area contributed by atoms with Crippen LogP contribution in [0.2, 0.25) is 0 Å². The van der Waals surface area contributed by atoms with Gasteiger partial charge in [0.25, 0.3) is 5.17 Å². The van der Waals surface area contributed by atoms with Gasteiger partial charge in [-0.2, -0.15) is 0 Å². The molecule has 1 aromatic carbocycles. The second kappa shape index (κ2) is 6.71. The Balaban J connectivity index is 1.73. The van der Waals surface area contributed by atoms with Crippen molar-refractivity contribution >= 4 is 17.4 Å². The summed E-state index contributed by atoms with van der Waals surface area (Å²) in [5.41, 5.74) is 2.17. The van der Waals surface area contributed by atoms with Crippen LogP contribution in [-0.4, -0.2) is 10.2 Å². The van der Waals surface area contributed by atoms with Crippen LogP contribution in [0.15, 0.2) is 54.9 Å². The Hall–Kier alpha value is -1.94. The molecule has 18 heavy (non-hydrogen) atoms. The predicted octanol–water partition coefficient (Wildman–Crippen LogP) is 2.67. The average molecular weight is 258 g/mol. The first-order chi connectivity index (χ1) is 8.84. The topological polar surface area (TPSA) is 34.2 Å². The van der Waals surface area contributed by atoms with Gasteiger partial charge in [0.1, 0.15) is 6.61 Å². The fraction of sp³-hybridized carbons (Fsp3) is 0.143. The quantitative estimate of drug-likeness (QED) is 0.855. The monoisotopic (exact) mass is 258 g/mol. The summed E-state index contributed by atoms with van der Waals surface area (Å²) >= 11 is 5.10. The summed E-state index contributed by atoms with van der Waals surface area (Å²) in [7, 11) is 0. The second-order valence-corrected chi connectivity index (χ2v) is 4.15. The zero-order valence-corrected chi connectivity index (χ0v) is 10.7. The number of thiocarbonyl (C=S) groups is 1. The molecule has 0 fully saturated rings. The molecule has 4 heteroatoms. The van der Waals surface area contributed by atoms with Crippen LogP contribution >= 0.6 is 12.2 Å². The minimum absolute atomic E-state index is 0.405.